The van der Waals surface area contributed by atoms with E-state index in [1.165, 1.54) is 0 Å². The lowest BCUT2D eigenvalue weighted by molar-refractivity contribution is -0.139. The number of hydrogen-bond donors (Lipinski definition) is 4. The second-order valence-corrected chi connectivity index (χ2v) is 6.14. The fourth-order valence-electron chi connectivity index (χ4n) is 2.49. The van der Waals surface area contributed by atoms with E-state index in [0.29, 0.717) is 11.8 Å². The number of hydrogen-bond acceptors (Lipinski definition) is 4. The number of carbonyl (C=O) groups is 3. The fraction of sp³-hybridized carbons (Fsp3) is 0.786. The van der Waals surface area contributed by atoms with Crippen molar-refractivity contribution in [3.05, 3.63) is 0 Å². The number of nitrogens with two attached hydrogens (primary N) is 1. The SMILES string of the molecule is C[C@@H](NC(=O)[C@@H](N)CC(=O)O)C(=O)NC(C1CC1)C1CC1. The Labute approximate surface area is 123 Å². The largest absolute Gasteiger partial charge is 0.481 e. The van der Waals surface area contributed by atoms with Gasteiger partial charge in [0.15, 0.2) is 0 Å². The molecule has 0 aromatic carbocycles. The summed E-state index contributed by atoms with van der Waals surface area (Å²) in [5.74, 6) is -0.821. The van der Waals surface area contributed by atoms with Gasteiger partial charge in [0, 0.05) is 6.04 Å². The first-order valence-electron chi connectivity index (χ1n) is 7.46. The number of nitrogens with one attached hydrogen (secondary N) is 2. The molecule has 21 heavy (non-hydrogen) atoms. The van der Waals surface area contributed by atoms with Gasteiger partial charge in [0.25, 0.3) is 0 Å². The zero-order valence-corrected chi connectivity index (χ0v) is 12.2. The molecule has 2 aliphatic carbocycles. The van der Waals surface area contributed by atoms with Crippen LogP contribution in [0.1, 0.15) is 39.0 Å². The number of aliphatic carboxylic acids is 1. The van der Waals surface area contributed by atoms with Crippen molar-refractivity contribution in [3.8, 4) is 0 Å². The van der Waals surface area contributed by atoms with Gasteiger partial charge in [-0.3, -0.25) is 14.4 Å². The first-order valence-corrected chi connectivity index (χ1v) is 7.46. The van der Waals surface area contributed by atoms with Crippen LogP contribution in [0.4, 0.5) is 0 Å². The van der Waals surface area contributed by atoms with Gasteiger partial charge in [-0.25, -0.2) is 0 Å². The van der Waals surface area contributed by atoms with Crippen molar-refractivity contribution in [2.45, 2.75) is 57.2 Å². The molecule has 0 aliphatic heterocycles. The van der Waals surface area contributed by atoms with Crippen LogP contribution in [0.3, 0.4) is 0 Å². The fourth-order valence-corrected chi connectivity index (χ4v) is 2.49. The van der Waals surface area contributed by atoms with Crippen molar-refractivity contribution in [1.82, 2.24) is 10.6 Å². The lowest BCUT2D eigenvalue weighted by Gasteiger charge is -2.22. The average molecular weight is 297 g/mol. The van der Waals surface area contributed by atoms with Gasteiger partial charge in [0.1, 0.15) is 6.04 Å². The second kappa shape index (κ2) is 6.43. The van der Waals surface area contributed by atoms with Crippen LogP contribution in [0.2, 0.25) is 0 Å². The Morgan fingerprint density at radius 1 is 1.10 bits per heavy atom. The molecule has 0 unspecified atom stereocenters. The van der Waals surface area contributed by atoms with Gasteiger partial charge in [-0.05, 0) is 44.4 Å². The topological polar surface area (TPSA) is 122 Å². The van der Waals surface area contributed by atoms with Crippen LogP contribution in [-0.2, 0) is 14.4 Å². The number of carboxylic acids is 1. The van der Waals surface area contributed by atoms with E-state index < -0.39 is 30.4 Å². The maximum absolute atomic E-state index is 12.1. The summed E-state index contributed by atoms with van der Waals surface area (Å²) in [5, 5.41) is 14.1. The quantitative estimate of drug-likeness (QED) is 0.485. The highest BCUT2D eigenvalue weighted by atomic mass is 16.4. The Morgan fingerprint density at radius 3 is 2.05 bits per heavy atom. The number of carbonyl (C=O) groups excluding carboxylic acids is 2. The van der Waals surface area contributed by atoms with Gasteiger partial charge in [-0.15, -0.1) is 0 Å². The molecule has 0 bridgehead atoms. The molecule has 0 spiro atoms. The second-order valence-electron chi connectivity index (χ2n) is 6.14. The van der Waals surface area contributed by atoms with Crippen molar-refractivity contribution in [3.63, 3.8) is 0 Å². The molecule has 2 saturated carbocycles. The molecule has 7 heteroatoms. The molecule has 7 nitrogen and oxygen atoms in total. The predicted octanol–water partition coefficient (Wildman–Crippen LogP) is -0.402. The predicted molar refractivity (Wildman–Crippen MR) is 75.2 cm³/mol. The van der Waals surface area contributed by atoms with Crippen LogP contribution in [0.25, 0.3) is 0 Å². The summed E-state index contributed by atoms with van der Waals surface area (Å²) in [6.07, 6.45) is 4.18. The highest BCUT2D eigenvalue weighted by molar-refractivity contribution is 5.91. The lowest BCUT2D eigenvalue weighted by atomic mass is 10.1. The molecule has 2 atom stereocenters. The van der Waals surface area contributed by atoms with Gasteiger partial charge in [0.05, 0.1) is 12.5 Å². The molecule has 2 amide bonds. The molecule has 0 saturated heterocycles. The van der Waals surface area contributed by atoms with Crippen molar-refractivity contribution in [1.29, 1.82) is 0 Å². The summed E-state index contributed by atoms with van der Waals surface area (Å²) in [6, 6.07) is -1.62. The van der Waals surface area contributed by atoms with Gasteiger partial charge >= 0.3 is 5.97 Å². The summed E-state index contributed by atoms with van der Waals surface area (Å²) in [6.45, 7) is 1.58. The van der Waals surface area contributed by atoms with Crippen molar-refractivity contribution in [2.75, 3.05) is 0 Å². The lowest BCUT2D eigenvalue weighted by Crippen LogP contribution is -2.53. The first kappa shape index (κ1) is 15.8. The van der Waals surface area contributed by atoms with E-state index in [1.54, 1.807) is 6.92 Å². The molecule has 2 fully saturated rings. The minimum absolute atomic E-state index is 0.226. The maximum Gasteiger partial charge on any atom is 0.305 e. The van der Waals surface area contributed by atoms with E-state index in [2.05, 4.69) is 10.6 Å². The van der Waals surface area contributed by atoms with E-state index in [1.807, 2.05) is 0 Å². The Balaban J connectivity index is 1.78. The number of rotatable bonds is 8. The van der Waals surface area contributed by atoms with Crippen molar-refractivity contribution >= 4 is 17.8 Å². The van der Waals surface area contributed by atoms with E-state index in [4.69, 9.17) is 10.8 Å². The molecular weight excluding hydrogens is 274 g/mol. The van der Waals surface area contributed by atoms with E-state index in [9.17, 15) is 14.4 Å². The summed E-state index contributed by atoms with van der Waals surface area (Å²) in [4.78, 5) is 34.3. The molecule has 2 aliphatic rings. The average Bonchev–Trinajstić information content (AvgIpc) is 3.27. The third kappa shape index (κ3) is 4.70. The van der Waals surface area contributed by atoms with Crippen molar-refractivity contribution < 1.29 is 19.5 Å². The van der Waals surface area contributed by atoms with Crippen LogP contribution >= 0.6 is 0 Å². The number of amides is 2. The third-order valence-electron chi connectivity index (χ3n) is 4.05. The van der Waals surface area contributed by atoms with Gasteiger partial charge in [-0.1, -0.05) is 0 Å². The van der Waals surface area contributed by atoms with Crippen LogP contribution in [0, 0.1) is 11.8 Å². The molecule has 0 aromatic rings. The molecule has 0 radical (unpaired) electrons. The molecule has 118 valence electrons. The standard InChI is InChI=1S/C14H23N3O4/c1-7(16-14(21)10(15)6-11(18)19)13(20)17-12(8-2-3-8)9-4-5-9/h7-10,12H,2-6,15H2,1H3,(H,16,21)(H,17,20)(H,18,19)/t7-,10+/m1/s1. The van der Waals surface area contributed by atoms with Gasteiger partial charge < -0.3 is 21.5 Å². The number of carboxylic acid groups (broad SMARTS) is 1. The Morgan fingerprint density at radius 2 is 1.62 bits per heavy atom. The van der Waals surface area contributed by atoms with Gasteiger partial charge in [0.2, 0.25) is 11.8 Å². The van der Waals surface area contributed by atoms with E-state index in [-0.39, 0.29) is 11.9 Å². The van der Waals surface area contributed by atoms with E-state index in [0.717, 1.165) is 25.7 Å². The Bertz CT molecular complexity index is 420. The molecule has 2 rings (SSSR count). The van der Waals surface area contributed by atoms with Crippen LogP contribution in [0.15, 0.2) is 0 Å². The minimum Gasteiger partial charge on any atom is -0.481 e. The zero-order valence-electron chi connectivity index (χ0n) is 12.2. The zero-order chi connectivity index (χ0) is 15.6. The summed E-state index contributed by atoms with van der Waals surface area (Å²) < 4.78 is 0. The minimum atomic E-state index is -1.14. The Kier molecular flexibility index (Phi) is 4.82. The maximum atomic E-state index is 12.1. The molecule has 5 N–H and O–H groups in total. The first-order chi connectivity index (χ1) is 9.88. The summed E-state index contributed by atoms with van der Waals surface area (Å²) in [7, 11) is 0. The van der Waals surface area contributed by atoms with Gasteiger partial charge in [-0.2, -0.15) is 0 Å². The summed E-state index contributed by atoms with van der Waals surface area (Å²) in [5.41, 5.74) is 5.46. The summed E-state index contributed by atoms with van der Waals surface area (Å²) >= 11 is 0. The Hall–Kier alpha value is -1.63. The van der Waals surface area contributed by atoms with E-state index >= 15 is 0 Å². The van der Waals surface area contributed by atoms with Crippen molar-refractivity contribution in [2.24, 2.45) is 17.6 Å². The highest BCUT2D eigenvalue weighted by Gasteiger charge is 2.42. The highest BCUT2D eigenvalue weighted by Crippen LogP contribution is 2.44. The third-order valence-corrected chi connectivity index (χ3v) is 4.05. The molecule has 0 heterocycles. The van der Waals surface area contributed by atoms with Crippen LogP contribution < -0.4 is 16.4 Å². The van der Waals surface area contributed by atoms with Crippen LogP contribution in [0.5, 0.6) is 0 Å². The smallest absolute Gasteiger partial charge is 0.305 e. The molecular formula is C14H23N3O4. The normalized spacial score (nSPS) is 20.7. The van der Waals surface area contributed by atoms with Crippen LogP contribution in [-0.4, -0.2) is 41.0 Å². The molecule has 0 aromatic heterocycles. The monoisotopic (exact) mass is 297 g/mol.